The molecule has 0 spiro atoms. The van der Waals surface area contributed by atoms with Crippen LogP contribution in [0.1, 0.15) is 44.9 Å². The predicted molar refractivity (Wildman–Crippen MR) is 66.6 cm³/mol. The molecule has 1 atom stereocenters. The quantitative estimate of drug-likeness (QED) is 0.896. The van der Waals surface area contributed by atoms with Crippen LogP contribution >= 0.6 is 11.5 Å². The van der Waals surface area contributed by atoms with E-state index in [4.69, 9.17) is 0 Å². The van der Waals surface area contributed by atoms with Crippen LogP contribution in [0.2, 0.25) is 0 Å². The molecule has 5 nitrogen and oxygen atoms in total. The van der Waals surface area contributed by atoms with Crippen LogP contribution in [0.25, 0.3) is 0 Å². The first-order valence-electron chi connectivity index (χ1n) is 5.92. The molecular formula is C11H17N3O2S. The summed E-state index contributed by atoms with van der Waals surface area (Å²) in [5, 5.41) is 9.95. The Bertz CT molecular complexity index is 405. The number of aliphatic carboxylic acids is 1. The van der Waals surface area contributed by atoms with E-state index in [9.17, 15) is 9.90 Å². The molecular weight excluding hydrogens is 238 g/mol. The molecule has 17 heavy (non-hydrogen) atoms. The molecule has 0 amide bonds. The van der Waals surface area contributed by atoms with Crippen LogP contribution in [0, 0.1) is 0 Å². The molecule has 1 N–H and O–H groups in total. The third kappa shape index (κ3) is 2.57. The largest absolute Gasteiger partial charge is 0.480 e. The normalized spacial score (nSPS) is 20.9. The Hall–Kier alpha value is -1.17. The molecule has 0 saturated carbocycles. The first-order chi connectivity index (χ1) is 8.09. The number of hydrogen-bond acceptors (Lipinski definition) is 5. The third-order valence-electron chi connectivity index (χ3n) is 2.98. The van der Waals surface area contributed by atoms with Crippen LogP contribution in [-0.2, 0) is 4.79 Å². The highest BCUT2D eigenvalue weighted by atomic mass is 32.1. The van der Waals surface area contributed by atoms with E-state index in [1.54, 1.807) is 0 Å². The summed E-state index contributed by atoms with van der Waals surface area (Å²) in [5.74, 6) is 0.332. The SMILES string of the molecule is CC(C)c1nsc(N2CCCCC2C(=O)O)n1. The highest BCUT2D eigenvalue weighted by molar-refractivity contribution is 7.09. The van der Waals surface area contributed by atoms with Gasteiger partial charge in [-0.25, -0.2) is 9.78 Å². The predicted octanol–water partition coefficient (Wildman–Crippen LogP) is 2.10. The van der Waals surface area contributed by atoms with Gasteiger partial charge in [0, 0.05) is 24.0 Å². The maximum Gasteiger partial charge on any atom is 0.326 e. The van der Waals surface area contributed by atoms with Crippen LogP contribution in [0.5, 0.6) is 0 Å². The summed E-state index contributed by atoms with van der Waals surface area (Å²) in [7, 11) is 0. The third-order valence-corrected chi connectivity index (χ3v) is 3.75. The molecule has 1 unspecified atom stereocenters. The van der Waals surface area contributed by atoms with E-state index in [0.29, 0.717) is 6.42 Å². The van der Waals surface area contributed by atoms with E-state index in [-0.39, 0.29) is 5.92 Å². The fourth-order valence-corrected chi connectivity index (χ4v) is 2.88. The van der Waals surface area contributed by atoms with E-state index in [0.717, 1.165) is 30.3 Å². The molecule has 1 aromatic rings. The summed E-state index contributed by atoms with van der Waals surface area (Å²) in [6.45, 7) is 4.84. The van der Waals surface area contributed by atoms with Gasteiger partial charge in [-0.2, -0.15) is 4.37 Å². The van der Waals surface area contributed by atoms with E-state index in [1.807, 2.05) is 18.7 Å². The Labute approximate surface area is 105 Å². The number of carboxylic acid groups (broad SMARTS) is 1. The van der Waals surface area contributed by atoms with Crippen molar-refractivity contribution in [2.75, 3.05) is 11.4 Å². The van der Waals surface area contributed by atoms with Gasteiger partial charge >= 0.3 is 5.97 Å². The molecule has 0 aliphatic carbocycles. The number of carbonyl (C=O) groups is 1. The number of anilines is 1. The van der Waals surface area contributed by atoms with Crippen molar-refractivity contribution in [1.82, 2.24) is 9.36 Å². The minimum atomic E-state index is -0.758. The van der Waals surface area contributed by atoms with Crippen molar-refractivity contribution in [2.24, 2.45) is 0 Å². The first kappa shape index (κ1) is 12.3. The lowest BCUT2D eigenvalue weighted by Gasteiger charge is -2.32. The zero-order valence-corrected chi connectivity index (χ0v) is 10.9. The number of hydrogen-bond donors (Lipinski definition) is 1. The second kappa shape index (κ2) is 5.00. The van der Waals surface area contributed by atoms with Crippen molar-refractivity contribution in [1.29, 1.82) is 0 Å². The topological polar surface area (TPSA) is 66.3 Å². The minimum Gasteiger partial charge on any atom is -0.480 e. The summed E-state index contributed by atoms with van der Waals surface area (Å²) in [4.78, 5) is 17.5. The van der Waals surface area contributed by atoms with E-state index >= 15 is 0 Å². The number of aromatic nitrogens is 2. The van der Waals surface area contributed by atoms with Crippen LogP contribution in [0.15, 0.2) is 0 Å². The fourth-order valence-electron chi connectivity index (χ4n) is 1.99. The van der Waals surface area contributed by atoms with Gasteiger partial charge in [-0.3, -0.25) is 0 Å². The average molecular weight is 255 g/mol. The molecule has 6 heteroatoms. The molecule has 1 saturated heterocycles. The summed E-state index contributed by atoms with van der Waals surface area (Å²) < 4.78 is 4.28. The van der Waals surface area contributed by atoms with Crippen molar-refractivity contribution in [2.45, 2.75) is 45.1 Å². The van der Waals surface area contributed by atoms with Gasteiger partial charge in [-0.1, -0.05) is 13.8 Å². The number of piperidine rings is 1. The molecule has 0 bridgehead atoms. The zero-order valence-electron chi connectivity index (χ0n) is 10.1. The summed E-state index contributed by atoms with van der Waals surface area (Å²) in [6, 6.07) is -0.434. The van der Waals surface area contributed by atoms with Crippen molar-refractivity contribution in [3.05, 3.63) is 5.82 Å². The fraction of sp³-hybridized carbons (Fsp3) is 0.727. The second-order valence-electron chi connectivity index (χ2n) is 4.63. The van der Waals surface area contributed by atoms with Crippen molar-refractivity contribution >= 4 is 22.6 Å². The summed E-state index contributed by atoms with van der Waals surface area (Å²) in [6.07, 6.45) is 2.70. The monoisotopic (exact) mass is 255 g/mol. The van der Waals surface area contributed by atoms with Gasteiger partial charge in [0.1, 0.15) is 11.9 Å². The molecule has 1 aromatic heterocycles. The van der Waals surface area contributed by atoms with Crippen molar-refractivity contribution in [3.63, 3.8) is 0 Å². The maximum absolute atomic E-state index is 11.2. The van der Waals surface area contributed by atoms with Crippen molar-refractivity contribution < 1.29 is 9.90 Å². The van der Waals surface area contributed by atoms with Gasteiger partial charge in [-0.05, 0) is 19.3 Å². The Morgan fingerprint density at radius 3 is 2.88 bits per heavy atom. The molecule has 2 rings (SSSR count). The first-order valence-corrected chi connectivity index (χ1v) is 6.70. The van der Waals surface area contributed by atoms with Gasteiger partial charge in [-0.15, -0.1) is 0 Å². The maximum atomic E-state index is 11.2. The van der Waals surface area contributed by atoms with Gasteiger partial charge in [0.25, 0.3) is 0 Å². The van der Waals surface area contributed by atoms with Crippen molar-refractivity contribution in [3.8, 4) is 0 Å². The minimum absolute atomic E-state index is 0.285. The Balaban J connectivity index is 2.20. The zero-order chi connectivity index (χ0) is 12.4. The van der Waals surface area contributed by atoms with E-state index in [1.165, 1.54) is 11.5 Å². The van der Waals surface area contributed by atoms with Crippen LogP contribution < -0.4 is 4.90 Å². The Morgan fingerprint density at radius 2 is 2.29 bits per heavy atom. The smallest absolute Gasteiger partial charge is 0.326 e. The molecule has 1 aliphatic heterocycles. The molecule has 1 fully saturated rings. The average Bonchev–Trinajstić information content (AvgIpc) is 2.78. The molecule has 1 aliphatic rings. The summed E-state index contributed by atoms with van der Waals surface area (Å²) >= 11 is 1.31. The number of carboxylic acids is 1. The van der Waals surface area contributed by atoms with E-state index in [2.05, 4.69) is 9.36 Å². The number of rotatable bonds is 3. The molecule has 2 heterocycles. The van der Waals surface area contributed by atoms with Crippen LogP contribution in [0.4, 0.5) is 5.13 Å². The lowest BCUT2D eigenvalue weighted by atomic mass is 10.0. The van der Waals surface area contributed by atoms with Crippen LogP contribution in [-0.4, -0.2) is 33.0 Å². The second-order valence-corrected chi connectivity index (χ2v) is 5.36. The Morgan fingerprint density at radius 1 is 1.53 bits per heavy atom. The van der Waals surface area contributed by atoms with E-state index < -0.39 is 12.0 Å². The lowest BCUT2D eigenvalue weighted by molar-refractivity contribution is -0.139. The van der Waals surface area contributed by atoms with Gasteiger partial charge in [0.15, 0.2) is 0 Å². The van der Waals surface area contributed by atoms with Gasteiger partial charge in [0.05, 0.1) is 0 Å². The summed E-state index contributed by atoms with van der Waals surface area (Å²) in [5.41, 5.74) is 0. The Kier molecular flexibility index (Phi) is 3.61. The molecule has 94 valence electrons. The number of nitrogens with zero attached hydrogens (tertiary/aromatic N) is 3. The highest BCUT2D eigenvalue weighted by Crippen LogP contribution is 2.27. The van der Waals surface area contributed by atoms with Crippen LogP contribution in [0.3, 0.4) is 0 Å². The standard InChI is InChI=1S/C11H17N3O2S/c1-7(2)9-12-11(17-13-9)14-6-4-3-5-8(14)10(15)16/h7-8H,3-6H2,1-2H3,(H,15,16). The van der Waals surface area contributed by atoms with Gasteiger partial charge in [0.2, 0.25) is 5.13 Å². The molecule has 0 radical (unpaired) electrons. The van der Waals surface area contributed by atoms with Gasteiger partial charge < -0.3 is 10.0 Å². The molecule has 0 aromatic carbocycles. The lowest BCUT2D eigenvalue weighted by Crippen LogP contribution is -2.44. The highest BCUT2D eigenvalue weighted by Gasteiger charge is 2.30.